The monoisotopic (exact) mass is 188 g/mol. The summed E-state index contributed by atoms with van der Waals surface area (Å²) in [6.07, 6.45) is 5.35. The van der Waals surface area contributed by atoms with Gasteiger partial charge in [0.05, 0.1) is 5.56 Å². The minimum atomic E-state index is -0.00380. The Kier molecular flexibility index (Phi) is 2.36. The number of hydrogen-bond donors (Lipinski definition) is 0. The zero-order valence-electron chi connectivity index (χ0n) is 7.94. The van der Waals surface area contributed by atoms with Crippen LogP contribution in [0.3, 0.4) is 0 Å². The molecule has 0 radical (unpaired) electrons. The first-order valence-electron chi connectivity index (χ1n) is 4.90. The molecule has 3 nitrogen and oxygen atoms in total. The topological polar surface area (TPSA) is 45.8 Å². The highest BCUT2D eigenvalue weighted by Gasteiger charge is 2.18. The number of rotatable bonds is 2. The molecule has 1 aliphatic carbocycles. The minimum Gasteiger partial charge on any atom is -0.314 e. The predicted octanol–water partition coefficient (Wildman–Crippen LogP) is 1.52. The average Bonchev–Trinajstić information content (AvgIpc) is 2.14. The van der Waals surface area contributed by atoms with Gasteiger partial charge in [-0.05, 0) is 24.8 Å². The summed E-state index contributed by atoms with van der Waals surface area (Å²) in [6.45, 7) is 0.772. The van der Waals surface area contributed by atoms with Crippen molar-refractivity contribution in [2.24, 2.45) is 5.92 Å². The van der Waals surface area contributed by atoms with Gasteiger partial charge in [-0.25, -0.2) is 0 Å². The molecule has 0 unspecified atom stereocenters. The Labute approximate surface area is 82.6 Å². The van der Waals surface area contributed by atoms with E-state index in [9.17, 15) is 4.79 Å². The van der Waals surface area contributed by atoms with Gasteiger partial charge >= 0.3 is 0 Å². The first-order valence-corrected chi connectivity index (χ1v) is 4.90. The van der Waals surface area contributed by atoms with Crippen molar-refractivity contribution in [1.82, 2.24) is 4.57 Å². The van der Waals surface area contributed by atoms with Crippen molar-refractivity contribution in [1.29, 1.82) is 5.26 Å². The lowest BCUT2D eigenvalue weighted by molar-refractivity contribution is 0.273. The first kappa shape index (κ1) is 9.01. The van der Waals surface area contributed by atoms with Gasteiger partial charge in [-0.15, -0.1) is 0 Å². The lowest BCUT2D eigenvalue weighted by Crippen LogP contribution is -2.26. The maximum atomic E-state index is 11.4. The van der Waals surface area contributed by atoms with Gasteiger partial charge in [-0.3, -0.25) is 4.79 Å². The summed E-state index contributed by atoms with van der Waals surface area (Å²) in [5, 5.41) is 8.69. The van der Waals surface area contributed by atoms with Crippen LogP contribution in [0.25, 0.3) is 0 Å². The van der Waals surface area contributed by atoms with Crippen molar-refractivity contribution in [2.45, 2.75) is 25.8 Å². The van der Waals surface area contributed by atoms with Crippen molar-refractivity contribution >= 4 is 0 Å². The van der Waals surface area contributed by atoms with E-state index in [2.05, 4.69) is 0 Å². The van der Waals surface area contributed by atoms with Crippen LogP contribution in [0.4, 0.5) is 0 Å². The van der Waals surface area contributed by atoms with Crippen molar-refractivity contribution in [3.63, 3.8) is 0 Å². The van der Waals surface area contributed by atoms with Crippen molar-refractivity contribution < 1.29 is 0 Å². The number of nitrogens with zero attached hydrogens (tertiary/aromatic N) is 2. The summed E-state index contributed by atoms with van der Waals surface area (Å²) in [4.78, 5) is 11.4. The molecule has 0 N–H and O–H groups in total. The summed E-state index contributed by atoms with van der Waals surface area (Å²) in [7, 11) is 0. The number of hydrogen-bond acceptors (Lipinski definition) is 2. The molecule has 1 heterocycles. The smallest absolute Gasteiger partial charge is 0.250 e. The van der Waals surface area contributed by atoms with Gasteiger partial charge in [0.2, 0.25) is 0 Å². The second-order valence-corrected chi connectivity index (χ2v) is 3.82. The van der Waals surface area contributed by atoms with E-state index in [4.69, 9.17) is 5.26 Å². The molecule has 1 aliphatic rings. The number of nitriles is 1. The maximum Gasteiger partial charge on any atom is 0.250 e. The standard InChI is InChI=1S/C11H12N2O/c12-6-10-4-5-11(14)13(8-10)7-9-2-1-3-9/h4-5,8-9H,1-3,7H2. The Morgan fingerprint density at radius 3 is 2.86 bits per heavy atom. The molecule has 0 spiro atoms. The van der Waals surface area contributed by atoms with E-state index in [1.54, 1.807) is 16.8 Å². The molecule has 14 heavy (non-hydrogen) atoms. The Morgan fingerprint density at radius 2 is 2.29 bits per heavy atom. The van der Waals surface area contributed by atoms with Crippen LogP contribution in [0.15, 0.2) is 23.1 Å². The van der Waals surface area contributed by atoms with Gasteiger partial charge in [-0.2, -0.15) is 5.26 Å². The molecule has 72 valence electrons. The van der Waals surface area contributed by atoms with E-state index in [1.807, 2.05) is 6.07 Å². The Balaban J connectivity index is 2.22. The third kappa shape index (κ3) is 1.69. The molecule has 1 aromatic heterocycles. The summed E-state index contributed by atoms with van der Waals surface area (Å²) in [5.41, 5.74) is 0.555. The largest absolute Gasteiger partial charge is 0.314 e. The van der Waals surface area contributed by atoms with E-state index in [1.165, 1.54) is 25.3 Å². The molecular weight excluding hydrogens is 176 g/mol. The Bertz CT molecular complexity index is 424. The average molecular weight is 188 g/mol. The van der Waals surface area contributed by atoms with Gasteiger partial charge in [0.1, 0.15) is 6.07 Å². The number of aromatic nitrogens is 1. The highest BCUT2D eigenvalue weighted by atomic mass is 16.1. The predicted molar refractivity (Wildman–Crippen MR) is 52.8 cm³/mol. The van der Waals surface area contributed by atoms with Crippen molar-refractivity contribution in [3.8, 4) is 6.07 Å². The lowest BCUT2D eigenvalue weighted by atomic mass is 9.85. The SMILES string of the molecule is N#Cc1ccc(=O)n(CC2CCC2)c1. The fourth-order valence-corrected chi connectivity index (χ4v) is 1.69. The van der Waals surface area contributed by atoms with Gasteiger partial charge in [0.25, 0.3) is 5.56 Å². The summed E-state index contributed by atoms with van der Waals surface area (Å²) >= 11 is 0. The maximum absolute atomic E-state index is 11.4. The molecule has 2 rings (SSSR count). The van der Waals surface area contributed by atoms with Crippen molar-refractivity contribution in [2.75, 3.05) is 0 Å². The number of pyridine rings is 1. The molecule has 0 aliphatic heterocycles. The third-order valence-electron chi connectivity index (χ3n) is 2.79. The second-order valence-electron chi connectivity index (χ2n) is 3.82. The van der Waals surface area contributed by atoms with Crippen LogP contribution in [0, 0.1) is 17.2 Å². The van der Waals surface area contributed by atoms with Gasteiger partial charge < -0.3 is 4.57 Å². The Morgan fingerprint density at radius 1 is 1.50 bits per heavy atom. The van der Waals surface area contributed by atoms with E-state index < -0.39 is 0 Å². The zero-order chi connectivity index (χ0) is 9.97. The van der Waals surface area contributed by atoms with Crippen LogP contribution >= 0.6 is 0 Å². The van der Waals surface area contributed by atoms with Gasteiger partial charge in [0.15, 0.2) is 0 Å². The van der Waals surface area contributed by atoms with E-state index in [0.29, 0.717) is 11.5 Å². The van der Waals surface area contributed by atoms with Crippen LogP contribution in [0.1, 0.15) is 24.8 Å². The normalized spacial score (nSPS) is 15.9. The minimum absolute atomic E-state index is 0.00380. The van der Waals surface area contributed by atoms with E-state index in [0.717, 1.165) is 6.54 Å². The van der Waals surface area contributed by atoms with Gasteiger partial charge in [-0.1, -0.05) is 6.42 Å². The molecule has 1 fully saturated rings. The fraction of sp³-hybridized carbons (Fsp3) is 0.455. The van der Waals surface area contributed by atoms with Crippen LogP contribution in [0.5, 0.6) is 0 Å². The lowest BCUT2D eigenvalue weighted by Gasteiger charge is -2.25. The fourth-order valence-electron chi connectivity index (χ4n) is 1.69. The highest BCUT2D eigenvalue weighted by Crippen LogP contribution is 2.27. The molecule has 0 aromatic carbocycles. The van der Waals surface area contributed by atoms with Crippen LogP contribution < -0.4 is 5.56 Å². The summed E-state index contributed by atoms with van der Waals surface area (Å²) in [6, 6.07) is 5.08. The molecule has 0 bridgehead atoms. The second kappa shape index (κ2) is 3.67. The van der Waals surface area contributed by atoms with Crippen molar-refractivity contribution in [3.05, 3.63) is 34.2 Å². The summed E-state index contributed by atoms with van der Waals surface area (Å²) < 4.78 is 1.66. The summed E-state index contributed by atoms with van der Waals surface area (Å²) in [5.74, 6) is 0.640. The molecule has 0 amide bonds. The van der Waals surface area contributed by atoms with E-state index in [-0.39, 0.29) is 5.56 Å². The van der Waals surface area contributed by atoms with Crippen LogP contribution in [0.2, 0.25) is 0 Å². The van der Waals surface area contributed by atoms with Gasteiger partial charge in [0, 0.05) is 18.8 Å². The Hall–Kier alpha value is -1.56. The van der Waals surface area contributed by atoms with Crippen LogP contribution in [-0.2, 0) is 6.54 Å². The molecule has 3 heteroatoms. The first-order chi connectivity index (χ1) is 6.79. The molecule has 0 saturated heterocycles. The van der Waals surface area contributed by atoms with Crippen LogP contribution in [-0.4, -0.2) is 4.57 Å². The van der Waals surface area contributed by atoms with E-state index >= 15 is 0 Å². The highest BCUT2D eigenvalue weighted by molar-refractivity contribution is 5.24. The molecule has 1 aromatic rings. The zero-order valence-corrected chi connectivity index (χ0v) is 7.94. The molecule has 0 atom stereocenters. The molecule has 1 saturated carbocycles. The quantitative estimate of drug-likeness (QED) is 0.706. The third-order valence-corrected chi connectivity index (χ3v) is 2.79. The molecular formula is C11H12N2O.